The highest BCUT2D eigenvalue weighted by Gasteiger charge is 2.25. The maximum absolute atomic E-state index is 12.5. The van der Waals surface area contributed by atoms with E-state index in [0.29, 0.717) is 18.1 Å². The molecule has 0 aliphatic carbocycles. The standard InChI is InChI=1S/C18H22ClN3O2/c1-18(2,3)17-20-14-7-8-22(10-12(14)16(24)21-17)9-11-5-4-6-13(19)15(11)23/h4-6,23H,7-10H2,1-3H3,(H,20,21,24). The summed E-state index contributed by atoms with van der Waals surface area (Å²) in [5.74, 6) is 0.840. The van der Waals surface area contributed by atoms with E-state index in [9.17, 15) is 9.90 Å². The number of para-hydroxylation sites is 1. The first-order chi connectivity index (χ1) is 11.3. The molecular formula is C18H22ClN3O2. The van der Waals surface area contributed by atoms with Gasteiger partial charge in [-0.3, -0.25) is 9.69 Å². The van der Waals surface area contributed by atoms with Gasteiger partial charge in [-0.25, -0.2) is 4.98 Å². The van der Waals surface area contributed by atoms with Gasteiger partial charge in [-0.05, 0) is 6.07 Å². The Balaban J connectivity index is 1.85. The third kappa shape index (κ3) is 3.32. The van der Waals surface area contributed by atoms with E-state index in [1.807, 2.05) is 32.9 Å². The van der Waals surface area contributed by atoms with Gasteiger partial charge in [0, 0.05) is 37.0 Å². The Kier molecular flexibility index (Phi) is 4.40. The summed E-state index contributed by atoms with van der Waals surface area (Å²) in [6.45, 7) is 7.97. The minimum atomic E-state index is -0.183. The normalized spacial score (nSPS) is 15.3. The summed E-state index contributed by atoms with van der Waals surface area (Å²) in [6.07, 6.45) is 0.726. The van der Waals surface area contributed by atoms with Gasteiger partial charge in [0.15, 0.2) is 0 Å². The number of halogens is 1. The topological polar surface area (TPSA) is 69.2 Å². The van der Waals surface area contributed by atoms with Crippen LogP contribution in [0.2, 0.25) is 5.02 Å². The fraction of sp³-hybridized carbons (Fsp3) is 0.444. The summed E-state index contributed by atoms with van der Waals surface area (Å²) in [7, 11) is 0. The molecule has 5 nitrogen and oxygen atoms in total. The van der Waals surface area contributed by atoms with Crippen molar-refractivity contribution < 1.29 is 5.11 Å². The van der Waals surface area contributed by atoms with Crippen molar-refractivity contribution in [3.63, 3.8) is 0 Å². The molecule has 0 unspecified atom stereocenters. The number of nitrogens with zero attached hydrogens (tertiary/aromatic N) is 2. The van der Waals surface area contributed by atoms with E-state index in [4.69, 9.17) is 11.6 Å². The summed E-state index contributed by atoms with van der Waals surface area (Å²) in [5, 5.41) is 10.4. The summed E-state index contributed by atoms with van der Waals surface area (Å²) in [4.78, 5) is 22.2. The van der Waals surface area contributed by atoms with Crippen LogP contribution in [0.5, 0.6) is 5.75 Å². The predicted octanol–water partition coefficient (Wildman–Crippen LogP) is 2.98. The maximum atomic E-state index is 12.5. The van der Waals surface area contributed by atoms with Crippen LogP contribution in [0.15, 0.2) is 23.0 Å². The SMILES string of the molecule is CC(C)(C)c1nc2c(c(=O)[nH]1)CN(Cc1cccc(Cl)c1O)CC2. The Bertz CT molecular complexity index is 824. The first-order valence-corrected chi connectivity index (χ1v) is 8.45. The van der Waals surface area contributed by atoms with E-state index in [2.05, 4.69) is 14.9 Å². The van der Waals surface area contributed by atoms with Gasteiger partial charge in [-0.2, -0.15) is 0 Å². The minimum Gasteiger partial charge on any atom is -0.506 e. The van der Waals surface area contributed by atoms with Crippen LogP contribution in [0.25, 0.3) is 0 Å². The highest BCUT2D eigenvalue weighted by atomic mass is 35.5. The minimum absolute atomic E-state index is 0.0649. The van der Waals surface area contributed by atoms with Gasteiger partial charge >= 0.3 is 0 Å². The van der Waals surface area contributed by atoms with Crippen LogP contribution in [0, 0.1) is 0 Å². The molecule has 1 aliphatic heterocycles. The Morgan fingerprint density at radius 3 is 2.83 bits per heavy atom. The van der Waals surface area contributed by atoms with Crippen LogP contribution in [-0.2, 0) is 24.9 Å². The second-order valence-electron chi connectivity index (χ2n) is 7.30. The van der Waals surface area contributed by atoms with Crippen LogP contribution in [0.1, 0.15) is 43.4 Å². The number of aromatic amines is 1. The molecule has 24 heavy (non-hydrogen) atoms. The Morgan fingerprint density at radius 2 is 2.12 bits per heavy atom. The zero-order chi connectivity index (χ0) is 17.5. The predicted molar refractivity (Wildman–Crippen MR) is 94.5 cm³/mol. The average molecular weight is 348 g/mol. The van der Waals surface area contributed by atoms with E-state index >= 15 is 0 Å². The van der Waals surface area contributed by atoms with Crippen molar-refractivity contribution in [3.05, 3.63) is 56.2 Å². The number of aromatic hydroxyl groups is 1. The average Bonchev–Trinajstić information content (AvgIpc) is 2.51. The van der Waals surface area contributed by atoms with Gasteiger partial charge in [0.1, 0.15) is 11.6 Å². The molecule has 0 amide bonds. The lowest BCUT2D eigenvalue weighted by atomic mass is 9.95. The van der Waals surface area contributed by atoms with Gasteiger partial charge in [-0.15, -0.1) is 0 Å². The first-order valence-electron chi connectivity index (χ1n) is 8.07. The molecule has 2 heterocycles. The lowest BCUT2D eigenvalue weighted by Gasteiger charge is -2.29. The number of phenols is 1. The van der Waals surface area contributed by atoms with E-state index in [0.717, 1.165) is 35.6 Å². The molecule has 0 bridgehead atoms. The van der Waals surface area contributed by atoms with Crippen molar-refractivity contribution in [1.29, 1.82) is 0 Å². The molecule has 0 fully saturated rings. The highest BCUT2D eigenvalue weighted by molar-refractivity contribution is 6.32. The summed E-state index contributed by atoms with van der Waals surface area (Å²) >= 11 is 5.96. The molecule has 0 saturated carbocycles. The lowest BCUT2D eigenvalue weighted by Crippen LogP contribution is -2.37. The number of phenolic OH excluding ortho intramolecular Hbond substituents is 1. The molecule has 0 saturated heterocycles. The Morgan fingerprint density at radius 1 is 1.38 bits per heavy atom. The number of hydrogen-bond acceptors (Lipinski definition) is 4. The van der Waals surface area contributed by atoms with Crippen molar-refractivity contribution in [2.75, 3.05) is 6.54 Å². The quantitative estimate of drug-likeness (QED) is 0.876. The third-order valence-corrected chi connectivity index (χ3v) is 4.63. The lowest BCUT2D eigenvalue weighted by molar-refractivity contribution is 0.238. The Labute approximate surface area is 146 Å². The van der Waals surface area contributed by atoms with Gasteiger partial charge in [0.25, 0.3) is 5.56 Å². The van der Waals surface area contributed by atoms with Gasteiger partial charge < -0.3 is 10.1 Å². The van der Waals surface area contributed by atoms with E-state index < -0.39 is 0 Å². The summed E-state index contributed by atoms with van der Waals surface area (Å²) in [6, 6.07) is 5.33. The van der Waals surface area contributed by atoms with Crippen LogP contribution in [-0.4, -0.2) is 26.5 Å². The summed E-state index contributed by atoms with van der Waals surface area (Å²) < 4.78 is 0. The molecule has 6 heteroatoms. The molecule has 0 spiro atoms. The molecule has 0 radical (unpaired) electrons. The maximum Gasteiger partial charge on any atom is 0.255 e. The fourth-order valence-corrected chi connectivity index (χ4v) is 3.09. The second-order valence-corrected chi connectivity index (χ2v) is 7.71. The third-order valence-electron chi connectivity index (χ3n) is 4.32. The number of benzene rings is 1. The molecule has 1 aromatic heterocycles. The second kappa shape index (κ2) is 6.22. The monoisotopic (exact) mass is 347 g/mol. The van der Waals surface area contributed by atoms with Crippen molar-refractivity contribution in [3.8, 4) is 5.75 Å². The zero-order valence-electron chi connectivity index (χ0n) is 14.2. The van der Waals surface area contributed by atoms with Crippen LogP contribution < -0.4 is 5.56 Å². The van der Waals surface area contributed by atoms with E-state index in [1.165, 1.54) is 0 Å². The summed E-state index contributed by atoms with van der Waals surface area (Å²) in [5.41, 5.74) is 2.12. The van der Waals surface area contributed by atoms with Crippen LogP contribution in [0.4, 0.5) is 0 Å². The molecule has 1 aromatic carbocycles. The molecular weight excluding hydrogens is 326 g/mol. The Hall–Kier alpha value is -1.85. The first kappa shape index (κ1) is 17.0. The number of hydrogen-bond donors (Lipinski definition) is 2. The fourth-order valence-electron chi connectivity index (χ4n) is 2.90. The zero-order valence-corrected chi connectivity index (χ0v) is 14.9. The number of aromatic nitrogens is 2. The van der Waals surface area contributed by atoms with E-state index in [-0.39, 0.29) is 16.7 Å². The number of rotatable bonds is 2. The molecule has 3 rings (SSSR count). The molecule has 2 N–H and O–H groups in total. The number of H-pyrrole nitrogens is 1. The van der Waals surface area contributed by atoms with Gasteiger partial charge in [0.2, 0.25) is 0 Å². The van der Waals surface area contributed by atoms with Gasteiger partial charge in [0.05, 0.1) is 16.3 Å². The van der Waals surface area contributed by atoms with Crippen molar-refractivity contribution in [2.45, 2.75) is 45.7 Å². The highest BCUT2D eigenvalue weighted by Crippen LogP contribution is 2.29. The molecule has 128 valence electrons. The van der Waals surface area contributed by atoms with Crippen molar-refractivity contribution in [1.82, 2.24) is 14.9 Å². The van der Waals surface area contributed by atoms with Gasteiger partial charge in [-0.1, -0.05) is 44.5 Å². The van der Waals surface area contributed by atoms with Crippen LogP contribution >= 0.6 is 11.6 Å². The number of nitrogens with one attached hydrogen (secondary N) is 1. The largest absolute Gasteiger partial charge is 0.506 e. The molecule has 0 atom stereocenters. The van der Waals surface area contributed by atoms with Crippen LogP contribution in [0.3, 0.4) is 0 Å². The van der Waals surface area contributed by atoms with Crippen molar-refractivity contribution in [2.24, 2.45) is 0 Å². The smallest absolute Gasteiger partial charge is 0.255 e. The molecule has 2 aromatic rings. The molecule has 1 aliphatic rings. The number of fused-ring (bicyclic) bond motifs is 1. The van der Waals surface area contributed by atoms with E-state index in [1.54, 1.807) is 6.07 Å². The van der Waals surface area contributed by atoms with Crippen molar-refractivity contribution >= 4 is 11.6 Å².